The number of carbonyl (C=O) groups is 1. The molecule has 0 aliphatic carbocycles. The lowest BCUT2D eigenvalue weighted by Crippen LogP contribution is -2.51. The third-order valence-corrected chi connectivity index (χ3v) is 8.25. The first-order chi connectivity index (χ1) is 12.0. The molecule has 2 amide bonds. The van der Waals surface area contributed by atoms with E-state index in [0.717, 1.165) is 30.8 Å². The van der Waals surface area contributed by atoms with Gasteiger partial charge in [-0.1, -0.05) is 18.2 Å². The molecule has 2 N–H and O–H groups in total. The molecule has 1 aromatic rings. The summed E-state index contributed by atoms with van der Waals surface area (Å²) in [6, 6.07) is 6.16. The van der Waals surface area contributed by atoms with Crippen molar-refractivity contribution in [3.05, 3.63) is 29.8 Å². The first-order valence-corrected chi connectivity index (χ1v) is 11.4. The number of carbonyl (C=O) groups excluding carboxylic acids is 1. The van der Waals surface area contributed by atoms with Crippen molar-refractivity contribution in [1.82, 2.24) is 10.6 Å². The Morgan fingerprint density at radius 2 is 2.12 bits per heavy atom. The van der Waals surface area contributed by atoms with Crippen molar-refractivity contribution >= 4 is 27.6 Å². The maximum atomic E-state index is 12.4. The van der Waals surface area contributed by atoms with Gasteiger partial charge in [-0.05, 0) is 36.6 Å². The fourth-order valence-corrected chi connectivity index (χ4v) is 7.08. The van der Waals surface area contributed by atoms with Gasteiger partial charge in [0.1, 0.15) is 0 Å². The smallest absolute Gasteiger partial charge is 0.315 e. The Kier molecular flexibility index (Phi) is 4.45. The van der Waals surface area contributed by atoms with Crippen molar-refractivity contribution in [3.63, 3.8) is 0 Å². The van der Waals surface area contributed by atoms with E-state index in [4.69, 9.17) is 4.74 Å². The van der Waals surface area contributed by atoms with Gasteiger partial charge in [-0.2, -0.15) is 11.8 Å². The molecular weight excluding hydrogens is 360 g/mol. The van der Waals surface area contributed by atoms with Gasteiger partial charge >= 0.3 is 6.03 Å². The first kappa shape index (κ1) is 17.2. The van der Waals surface area contributed by atoms with Crippen LogP contribution in [0.4, 0.5) is 4.79 Å². The molecule has 25 heavy (non-hydrogen) atoms. The second kappa shape index (κ2) is 6.48. The zero-order chi connectivity index (χ0) is 17.5. The Morgan fingerprint density at radius 3 is 2.92 bits per heavy atom. The van der Waals surface area contributed by atoms with Crippen molar-refractivity contribution in [2.45, 2.75) is 41.8 Å². The molecule has 0 unspecified atom stereocenters. The molecule has 3 heterocycles. The maximum Gasteiger partial charge on any atom is 0.315 e. The van der Waals surface area contributed by atoms with Crippen LogP contribution >= 0.6 is 11.8 Å². The van der Waals surface area contributed by atoms with Crippen LogP contribution in [0, 0.1) is 0 Å². The SMILES string of the molecule is O=C(N[C@@H]1CCO[C@@]2(CCSC2)C1)N[C@@H]1CS(=O)(=O)c2ccccc21. The second-order valence-electron chi connectivity index (χ2n) is 7.01. The topological polar surface area (TPSA) is 84.5 Å². The molecule has 0 saturated carbocycles. The van der Waals surface area contributed by atoms with Crippen molar-refractivity contribution in [2.24, 2.45) is 0 Å². The van der Waals surface area contributed by atoms with Crippen LogP contribution in [-0.2, 0) is 14.6 Å². The number of benzene rings is 1. The van der Waals surface area contributed by atoms with E-state index in [1.807, 2.05) is 11.8 Å². The summed E-state index contributed by atoms with van der Waals surface area (Å²) in [5.74, 6) is 2.02. The fourth-order valence-electron chi connectivity index (χ4n) is 3.97. The van der Waals surface area contributed by atoms with Gasteiger partial charge in [0.25, 0.3) is 0 Å². The average molecular weight is 383 g/mol. The van der Waals surface area contributed by atoms with Crippen LogP contribution in [0.25, 0.3) is 0 Å². The van der Waals surface area contributed by atoms with Gasteiger partial charge in [-0.3, -0.25) is 0 Å². The molecule has 3 atom stereocenters. The lowest BCUT2D eigenvalue weighted by Gasteiger charge is -2.38. The standard InChI is InChI=1S/C17H22N2O4S2/c20-16(18-12-5-7-23-17(9-12)6-8-24-11-17)19-14-10-25(21,22)15-4-2-1-3-13(14)15/h1-4,12,14H,5-11H2,(H2,18,19,20)/t12-,14-,17+/m1/s1. The highest BCUT2D eigenvalue weighted by Gasteiger charge is 2.41. The van der Waals surface area contributed by atoms with E-state index in [9.17, 15) is 13.2 Å². The summed E-state index contributed by atoms with van der Waals surface area (Å²) in [5, 5.41) is 5.86. The van der Waals surface area contributed by atoms with Gasteiger partial charge < -0.3 is 15.4 Å². The third-order valence-electron chi connectivity index (χ3n) is 5.22. The van der Waals surface area contributed by atoms with Crippen LogP contribution < -0.4 is 10.6 Å². The highest BCUT2D eigenvalue weighted by Crippen LogP contribution is 2.38. The van der Waals surface area contributed by atoms with Gasteiger partial charge in [0.15, 0.2) is 9.84 Å². The largest absolute Gasteiger partial charge is 0.374 e. The number of hydrogen-bond donors (Lipinski definition) is 2. The summed E-state index contributed by atoms with van der Waals surface area (Å²) in [6.45, 7) is 0.659. The Balaban J connectivity index is 1.40. The second-order valence-corrected chi connectivity index (χ2v) is 10.1. The molecule has 2 fully saturated rings. The van der Waals surface area contributed by atoms with Crippen LogP contribution in [0.2, 0.25) is 0 Å². The van der Waals surface area contributed by atoms with E-state index in [0.29, 0.717) is 17.1 Å². The van der Waals surface area contributed by atoms with Gasteiger partial charge in [-0.25, -0.2) is 13.2 Å². The Hall–Kier alpha value is -1.25. The minimum absolute atomic E-state index is 0.0701. The van der Waals surface area contributed by atoms with Crippen LogP contribution in [-0.4, -0.2) is 50.0 Å². The van der Waals surface area contributed by atoms with Crippen LogP contribution in [0.3, 0.4) is 0 Å². The van der Waals surface area contributed by atoms with Gasteiger partial charge in [0.2, 0.25) is 0 Å². The molecule has 8 heteroatoms. The zero-order valence-corrected chi connectivity index (χ0v) is 15.5. The van der Waals surface area contributed by atoms with Gasteiger partial charge in [0, 0.05) is 18.4 Å². The van der Waals surface area contributed by atoms with E-state index in [2.05, 4.69) is 10.6 Å². The number of amides is 2. The van der Waals surface area contributed by atoms with Crippen molar-refractivity contribution < 1.29 is 17.9 Å². The van der Waals surface area contributed by atoms with E-state index in [1.54, 1.807) is 24.3 Å². The number of nitrogens with one attached hydrogen (secondary N) is 2. The zero-order valence-electron chi connectivity index (χ0n) is 13.9. The number of hydrogen-bond acceptors (Lipinski definition) is 5. The summed E-state index contributed by atoms with van der Waals surface area (Å²) in [4.78, 5) is 12.8. The summed E-state index contributed by atoms with van der Waals surface area (Å²) in [5.41, 5.74) is 0.581. The van der Waals surface area contributed by atoms with E-state index >= 15 is 0 Å². The predicted octanol–water partition coefficient (Wildman–Crippen LogP) is 1.87. The fraction of sp³-hybridized carbons (Fsp3) is 0.588. The Bertz CT molecular complexity index is 775. The van der Waals surface area contributed by atoms with E-state index < -0.39 is 15.9 Å². The summed E-state index contributed by atoms with van der Waals surface area (Å²) >= 11 is 1.90. The third kappa shape index (κ3) is 3.39. The monoisotopic (exact) mass is 382 g/mol. The number of sulfone groups is 1. The number of rotatable bonds is 2. The van der Waals surface area contributed by atoms with Gasteiger partial charge in [0.05, 0.1) is 22.3 Å². The Morgan fingerprint density at radius 1 is 1.28 bits per heavy atom. The molecule has 6 nitrogen and oxygen atoms in total. The predicted molar refractivity (Wildman–Crippen MR) is 96.6 cm³/mol. The molecule has 0 bridgehead atoms. The lowest BCUT2D eigenvalue weighted by atomic mass is 9.90. The number of ether oxygens (including phenoxy) is 1. The Labute approximate surface area is 152 Å². The summed E-state index contributed by atoms with van der Waals surface area (Å²) in [7, 11) is -3.32. The lowest BCUT2D eigenvalue weighted by molar-refractivity contribution is -0.0684. The maximum absolute atomic E-state index is 12.4. The number of fused-ring (bicyclic) bond motifs is 1. The van der Waals surface area contributed by atoms with Crippen LogP contribution in [0.1, 0.15) is 30.9 Å². The minimum Gasteiger partial charge on any atom is -0.374 e. The molecule has 4 rings (SSSR count). The minimum atomic E-state index is -3.32. The highest BCUT2D eigenvalue weighted by atomic mass is 32.2. The van der Waals surface area contributed by atoms with Crippen LogP contribution in [0.5, 0.6) is 0 Å². The number of thioether (sulfide) groups is 1. The molecule has 0 radical (unpaired) electrons. The molecule has 3 aliphatic heterocycles. The summed E-state index contributed by atoms with van der Waals surface area (Å²) < 4.78 is 30.4. The van der Waals surface area contributed by atoms with Gasteiger partial charge in [-0.15, -0.1) is 0 Å². The normalized spacial score (nSPS) is 33.1. The molecule has 0 aromatic heterocycles. The van der Waals surface area contributed by atoms with E-state index in [-0.39, 0.29) is 23.4 Å². The van der Waals surface area contributed by atoms with Crippen molar-refractivity contribution in [1.29, 1.82) is 0 Å². The molecule has 3 aliphatic rings. The molecule has 1 spiro atoms. The first-order valence-electron chi connectivity index (χ1n) is 8.58. The molecule has 2 saturated heterocycles. The van der Waals surface area contributed by atoms with Crippen LogP contribution in [0.15, 0.2) is 29.2 Å². The highest BCUT2D eigenvalue weighted by molar-refractivity contribution is 7.99. The van der Waals surface area contributed by atoms with Crippen molar-refractivity contribution in [3.8, 4) is 0 Å². The molecule has 1 aromatic carbocycles. The average Bonchev–Trinajstić information content (AvgIpc) is 3.11. The number of urea groups is 1. The quantitative estimate of drug-likeness (QED) is 0.816. The van der Waals surface area contributed by atoms with E-state index in [1.165, 1.54) is 0 Å². The molecular formula is C17H22N2O4S2. The summed E-state index contributed by atoms with van der Waals surface area (Å²) in [6.07, 6.45) is 2.65. The molecule has 136 valence electrons. The van der Waals surface area contributed by atoms with Crippen molar-refractivity contribution in [2.75, 3.05) is 23.9 Å².